The molecule has 0 aliphatic rings. The fourth-order valence-electron chi connectivity index (χ4n) is 3.90. The Labute approximate surface area is 182 Å². The molecule has 2 heterocycles. The molecule has 2 aromatic heterocycles. The fourth-order valence-corrected chi connectivity index (χ4v) is 3.90. The van der Waals surface area contributed by atoms with E-state index < -0.39 is 0 Å². The summed E-state index contributed by atoms with van der Waals surface area (Å²) in [7, 11) is 0. The normalized spacial score (nSPS) is 12.3. The molecule has 4 aromatic rings. The number of nitrogens with two attached hydrogens (primary N) is 1. The van der Waals surface area contributed by atoms with Gasteiger partial charge in [-0.25, -0.2) is 5.43 Å². The zero-order chi connectivity index (χ0) is 21.3. The highest BCUT2D eigenvalue weighted by molar-refractivity contribution is 5.83. The van der Waals surface area contributed by atoms with Crippen molar-refractivity contribution in [1.82, 2.24) is 15.4 Å². The van der Waals surface area contributed by atoms with Gasteiger partial charge < -0.3 is 15.7 Å². The summed E-state index contributed by atoms with van der Waals surface area (Å²) >= 11 is 0. The second-order valence-electron chi connectivity index (χ2n) is 7.76. The summed E-state index contributed by atoms with van der Waals surface area (Å²) in [6.07, 6.45) is 12.2. The lowest BCUT2D eigenvalue weighted by atomic mass is 10.1. The largest absolute Gasteiger partial charge is 0.369 e. The predicted molar refractivity (Wildman–Crippen MR) is 131 cm³/mol. The molecule has 0 atom stereocenters. The van der Waals surface area contributed by atoms with E-state index in [9.17, 15) is 0 Å². The van der Waals surface area contributed by atoms with E-state index in [1.807, 2.05) is 6.21 Å². The van der Waals surface area contributed by atoms with Crippen LogP contribution in [0.15, 0.2) is 71.0 Å². The molecule has 160 valence electrons. The average Bonchev–Trinajstić information content (AvgIpc) is 3.40. The van der Waals surface area contributed by atoms with Crippen molar-refractivity contribution in [3.05, 3.63) is 72.1 Å². The van der Waals surface area contributed by atoms with Crippen LogP contribution in [0.3, 0.4) is 0 Å². The van der Waals surface area contributed by atoms with Gasteiger partial charge in [0.15, 0.2) is 0 Å². The lowest BCUT2D eigenvalue weighted by molar-refractivity contribution is 0.744. The van der Waals surface area contributed by atoms with Crippen molar-refractivity contribution in [2.75, 3.05) is 6.54 Å². The number of aromatic nitrogens is 2. The Morgan fingerprint density at radius 3 is 2.13 bits per heavy atom. The standard InChI is InChI=1S/C25H30N6/c26-25(27-15-7-5-9-19-17-28-23-13-3-1-11-21(19)23)31-30-16-8-6-10-20-18-29-24-14-4-2-12-22(20)24/h1-4,11-14,16-18,28-29H,5-10,15H2,(H3,26,27,31). The number of unbranched alkanes of at least 4 members (excludes halogenated alkanes) is 2. The number of fused-ring (bicyclic) bond motifs is 2. The Kier molecular flexibility index (Phi) is 7.00. The molecule has 0 amide bonds. The Morgan fingerprint density at radius 2 is 1.45 bits per heavy atom. The lowest BCUT2D eigenvalue weighted by Crippen LogP contribution is -2.27. The van der Waals surface area contributed by atoms with Gasteiger partial charge >= 0.3 is 0 Å². The van der Waals surface area contributed by atoms with Gasteiger partial charge in [-0.1, -0.05) is 36.4 Å². The highest BCUT2D eigenvalue weighted by atomic mass is 15.3. The number of nitrogens with zero attached hydrogens (tertiary/aromatic N) is 2. The van der Waals surface area contributed by atoms with E-state index in [1.165, 1.54) is 32.9 Å². The van der Waals surface area contributed by atoms with Crippen LogP contribution in [0.5, 0.6) is 0 Å². The van der Waals surface area contributed by atoms with Crippen LogP contribution in [0.4, 0.5) is 0 Å². The summed E-state index contributed by atoms with van der Waals surface area (Å²) in [5, 5.41) is 6.80. The first-order valence-electron chi connectivity index (χ1n) is 11.0. The van der Waals surface area contributed by atoms with Gasteiger partial charge in [0.25, 0.3) is 0 Å². The topological polar surface area (TPSA) is 94.3 Å². The number of nitrogens with one attached hydrogen (secondary N) is 3. The Morgan fingerprint density at radius 1 is 0.839 bits per heavy atom. The second kappa shape index (κ2) is 10.5. The molecule has 0 unspecified atom stereocenters. The third-order valence-electron chi connectivity index (χ3n) is 5.54. The number of benzene rings is 2. The van der Waals surface area contributed by atoms with Gasteiger partial charge in [-0.15, -0.1) is 0 Å². The molecule has 6 nitrogen and oxygen atoms in total. The van der Waals surface area contributed by atoms with Crippen molar-refractivity contribution >= 4 is 34.0 Å². The number of rotatable bonds is 10. The third kappa shape index (κ3) is 5.54. The zero-order valence-corrected chi connectivity index (χ0v) is 17.8. The number of aryl methyl sites for hydroxylation is 2. The summed E-state index contributed by atoms with van der Waals surface area (Å²) in [6.45, 7) is 0.706. The maximum atomic E-state index is 5.90. The van der Waals surface area contributed by atoms with Crippen molar-refractivity contribution in [2.24, 2.45) is 15.8 Å². The maximum absolute atomic E-state index is 5.90. The Balaban J connectivity index is 1.10. The Hall–Kier alpha value is -3.54. The van der Waals surface area contributed by atoms with E-state index in [2.05, 4.69) is 86.4 Å². The molecule has 0 saturated carbocycles. The number of hydrogen-bond acceptors (Lipinski definition) is 2. The molecule has 6 heteroatoms. The zero-order valence-electron chi connectivity index (χ0n) is 17.8. The monoisotopic (exact) mass is 414 g/mol. The molecule has 0 bridgehead atoms. The summed E-state index contributed by atoms with van der Waals surface area (Å²) in [5.74, 6) is 0.375. The molecule has 0 aliphatic carbocycles. The van der Waals surface area contributed by atoms with E-state index in [0.29, 0.717) is 12.5 Å². The van der Waals surface area contributed by atoms with Gasteiger partial charge in [-0.2, -0.15) is 5.10 Å². The van der Waals surface area contributed by atoms with Crippen LogP contribution >= 0.6 is 0 Å². The average molecular weight is 415 g/mol. The molecular weight excluding hydrogens is 384 g/mol. The van der Waals surface area contributed by atoms with Crippen LogP contribution in [0, 0.1) is 0 Å². The molecule has 0 spiro atoms. The maximum Gasteiger partial charge on any atom is 0.209 e. The third-order valence-corrected chi connectivity index (χ3v) is 5.54. The van der Waals surface area contributed by atoms with Crippen molar-refractivity contribution in [3.8, 4) is 0 Å². The number of hydrazone groups is 1. The van der Waals surface area contributed by atoms with Gasteiger partial charge in [0.05, 0.1) is 0 Å². The van der Waals surface area contributed by atoms with Gasteiger partial charge in [0.2, 0.25) is 5.96 Å². The number of para-hydroxylation sites is 2. The van der Waals surface area contributed by atoms with Gasteiger partial charge in [-0.3, -0.25) is 4.99 Å². The van der Waals surface area contributed by atoms with Crippen LogP contribution in [-0.2, 0) is 12.8 Å². The first-order valence-corrected chi connectivity index (χ1v) is 11.0. The summed E-state index contributed by atoms with van der Waals surface area (Å²) in [6, 6.07) is 16.8. The number of hydrogen-bond donors (Lipinski definition) is 4. The number of aliphatic imine (C=N–C) groups is 1. The van der Waals surface area contributed by atoms with Crippen LogP contribution < -0.4 is 11.2 Å². The number of H-pyrrole nitrogens is 2. The van der Waals surface area contributed by atoms with Gasteiger partial charge in [0.1, 0.15) is 0 Å². The van der Waals surface area contributed by atoms with Crippen LogP contribution in [0.1, 0.15) is 36.8 Å². The molecule has 5 N–H and O–H groups in total. The van der Waals surface area contributed by atoms with Gasteiger partial charge in [0, 0.05) is 47.0 Å². The minimum absolute atomic E-state index is 0.375. The Bertz CT molecular complexity index is 1170. The van der Waals surface area contributed by atoms with E-state index in [-0.39, 0.29) is 0 Å². The van der Waals surface area contributed by atoms with E-state index >= 15 is 0 Å². The minimum atomic E-state index is 0.375. The highest BCUT2D eigenvalue weighted by Gasteiger charge is 2.03. The number of aromatic amines is 2. The molecule has 0 aliphatic heterocycles. The molecular formula is C25H30N6. The molecule has 2 aromatic carbocycles. The van der Waals surface area contributed by atoms with Crippen molar-refractivity contribution in [2.45, 2.75) is 38.5 Å². The SMILES string of the molecule is NC(=NCCCCc1c[nH]c2ccccc12)NN=CCCCc1c[nH]c2ccccc12. The molecule has 4 rings (SSSR count). The number of guanidine groups is 1. The molecule has 0 radical (unpaired) electrons. The summed E-state index contributed by atoms with van der Waals surface area (Å²) in [4.78, 5) is 11.0. The first-order chi connectivity index (χ1) is 15.3. The lowest BCUT2D eigenvalue weighted by Gasteiger charge is -2.01. The minimum Gasteiger partial charge on any atom is -0.369 e. The fraction of sp³-hybridized carbons (Fsp3) is 0.280. The van der Waals surface area contributed by atoms with Crippen LogP contribution in [0.25, 0.3) is 21.8 Å². The van der Waals surface area contributed by atoms with E-state index in [0.717, 1.165) is 38.5 Å². The van der Waals surface area contributed by atoms with Crippen molar-refractivity contribution in [1.29, 1.82) is 0 Å². The molecule has 0 fully saturated rings. The predicted octanol–water partition coefficient (Wildman–Crippen LogP) is 4.88. The van der Waals surface area contributed by atoms with E-state index in [4.69, 9.17) is 5.73 Å². The van der Waals surface area contributed by atoms with Crippen molar-refractivity contribution < 1.29 is 0 Å². The second-order valence-corrected chi connectivity index (χ2v) is 7.76. The quantitative estimate of drug-likeness (QED) is 0.129. The van der Waals surface area contributed by atoms with Crippen molar-refractivity contribution in [3.63, 3.8) is 0 Å². The van der Waals surface area contributed by atoms with E-state index in [1.54, 1.807) is 0 Å². The highest BCUT2D eigenvalue weighted by Crippen LogP contribution is 2.20. The van der Waals surface area contributed by atoms with Crippen LogP contribution in [-0.4, -0.2) is 28.7 Å². The van der Waals surface area contributed by atoms with Gasteiger partial charge in [-0.05, 0) is 61.8 Å². The summed E-state index contributed by atoms with van der Waals surface area (Å²) in [5.41, 5.74) is 13.8. The summed E-state index contributed by atoms with van der Waals surface area (Å²) < 4.78 is 0. The van der Waals surface area contributed by atoms with Crippen LogP contribution in [0.2, 0.25) is 0 Å². The first kappa shape index (κ1) is 20.7. The smallest absolute Gasteiger partial charge is 0.209 e. The molecule has 0 saturated heterocycles. The molecule has 31 heavy (non-hydrogen) atoms.